The number of carbonyl (C=O) groups is 1. The quantitative estimate of drug-likeness (QED) is 0.147. The van der Waals surface area contributed by atoms with Crippen LogP contribution >= 0.6 is 11.6 Å². The van der Waals surface area contributed by atoms with Gasteiger partial charge in [0.15, 0.2) is 6.29 Å². The number of piperidine rings is 1. The lowest BCUT2D eigenvalue weighted by Gasteiger charge is -2.42. The van der Waals surface area contributed by atoms with E-state index in [0.717, 1.165) is 58.6 Å². The van der Waals surface area contributed by atoms with Gasteiger partial charge < -0.3 is 35.2 Å². The highest BCUT2D eigenvalue weighted by Gasteiger charge is 2.37. The Bertz CT molecular complexity index is 1660. The van der Waals surface area contributed by atoms with Crippen LogP contribution < -0.4 is 10.6 Å². The smallest absolute Gasteiger partial charge is 0.315 e. The third-order valence-corrected chi connectivity index (χ3v) is 9.60. The Morgan fingerprint density at radius 3 is 2.29 bits per heavy atom. The van der Waals surface area contributed by atoms with Gasteiger partial charge >= 0.3 is 6.03 Å². The normalized spacial score (nSPS) is 21.0. The molecule has 4 aromatic carbocycles. The van der Waals surface area contributed by atoms with Crippen molar-refractivity contribution < 1.29 is 24.5 Å². The largest absolute Gasteiger partial charge is 0.392 e. The van der Waals surface area contributed by atoms with Crippen LogP contribution in [0.3, 0.4) is 0 Å². The monoisotopic (exact) mass is 669 g/mol. The van der Waals surface area contributed by atoms with E-state index in [9.17, 15) is 15.0 Å². The number of nitrogens with zero attached hydrogens (tertiary/aromatic N) is 1. The number of ether oxygens (including phenoxy) is 2. The van der Waals surface area contributed by atoms with Crippen LogP contribution in [0.15, 0.2) is 97.1 Å². The highest BCUT2D eigenvalue weighted by atomic mass is 35.5. The SMILES string of the molecule is CCNC(=O)NCc1cccc(-c2cccc(C3OC(CN4CCC(O)(c5ccc(Cl)cc5)CC4)CC(c4ccc(CO)cc4)O3)c2)c1. The molecule has 2 amide bonds. The summed E-state index contributed by atoms with van der Waals surface area (Å²) in [4.78, 5) is 14.3. The molecular weight excluding hydrogens is 626 g/mol. The Hall–Kier alpha value is -3.76. The first-order valence-electron chi connectivity index (χ1n) is 16.7. The number of nitrogens with one attached hydrogen (secondary N) is 2. The lowest BCUT2D eigenvalue weighted by atomic mass is 9.84. The highest BCUT2D eigenvalue weighted by molar-refractivity contribution is 6.30. The molecule has 9 heteroatoms. The summed E-state index contributed by atoms with van der Waals surface area (Å²) < 4.78 is 13.3. The maximum absolute atomic E-state index is 11.9. The fourth-order valence-electron chi connectivity index (χ4n) is 6.61. The summed E-state index contributed by atoms with van der Waals surface area (Å²) in [6.45, 7) is 5.12. The number of halogens is 1. The second kappa shape index (κ2) is 15.6. The molecule has 0 saturated carbocycles. The van der Waals surface area contributed by atoms with Crippen LogP contribution in [0.2, 0.25) is 5.02 Å². The van der Waals surface area contributed by atoms with Crippen molar-refractivity contribution in [1.82, 2.24) is 15.5 Å². The molecule has 3 atom stereocenters. The molecule has 0 spiro atoms. The van der Waals surface area contributed by atoms with Gasteiger partial charge in [-0.05, 0) is 77.4 Å². The molecule has 0 bridgehead atoms. The van der Waals surface area contributed by atoms with E-state index in [1.54, 1.807) is 0 Å². The minimum absolute atomic E-state index is 0.00646. The average molecular weight is 670 g/mol. The molecule has 2 fully saturated rings. The fourth-order valence-corrected chi connectivity index (χ4v) is 6.73. The summed E-state index contributed by atoms with van der Waals surface area (Å²) in [5, 5.41) is 27.3. The van der Waals surface area contributed by atoms with Crippen molar-refractivity contribution in [3.63, 3.8) is 0 Å². The van der Waals surface area contributed by atoms with Crippen LogP contribution in [-0.2, 0) is 28.2 Å². The average Bonchev–Trinajstić information content (AvgIpc) is 3.12. The van der Waals surface area contributed by atoms with Crippen LogP contribution in [0.4, 0.5) is 4.79 Å². The van der Waals surface area contributed by atoms with E-state index < -0.39 is 11.9 Å². The van der Waals surface area contributed by atoms with Gasteiger partial charge in [0.05, 0.1) is 24.4 Å². The molecule has 6 rings (SSSR count). The van der Waals surface area contributed by atoms with Gasteiger partial charge in [-0.2, -0.15) is 0 Å². The van der Waals surface area contributed by atoms with Gasteiger partial charge in [0.2, 0.25) is 0 Å². The molecule has 0 aliphatic carbocycles. The van der Waals surface area contributed by atoms with E-state index in [1.807, 2.05) is 79.7 Å². The van der Waals surface area contributed by atoms with Crippen LogP contribution in [0.5, 0.6) is 0 Å². The molecule has 3 unspecified atom stereocenters. The maximum atomic E-state index is 11.9. The van der Waals surface area contributed by atoms with E-state index in [0.29, 0.717) is 37.4 Å². The predicted molar refractivity (Wildman–Crippen MR) is 187 cm³/mol. The molecule has 0 radical (unpaired) electrons. The van der Waals surface area contributed by atoms with E-state index in [2.05, 4.69) is 39.8 Å². The van der Waals surface area contributed by atoms with Crippen LogP contribution in [0, 0.1) is 0 Å². The Morgan fingerprint density at radius 1 is 0.875 bits per heavy atom. The lowest BCUT2D eigenvalue weighted by Crippen LogP contribution is -2.46. The Balaban J connectivity index is 1.18. The van der Waals surface area contributed by atoms with Gasteiger partial charge in [0.25, 0.3) is 0 Å². The Kier molecular flexibility index (Phi) is 11.1. The summed E-state index contributed by atoms with van der Waals surface area (Å²) in [6, 6.07) is 31.7. The fraction of sp³-hybridized carbons (Fsp3) is 0.359. The van der Waals surface area contributed by atoms with Gasteiger partial charge in [0, 0.05) is 49.7 Å². The minimum Gasteiger partial charge on any atom is -0.392 e. The van der Waals surface area contributed by atoms with Crippen molar-refractivity contribution in [3.05, 3.63) is 130 Å². The van der Waals surface area contributed by atoms with Crippen molar-refractivity contribution in [3.8, 4) is 11.1 Å². The van der Waals surface area contributed by atoms with Gasteiger partial charge in [-0.3, -0.25) is 0 Å². The van der Waals surface area contributed by atoms with Gasteiger partial charge in [0.1, 0.15) is 0 Å². The highest BCUT2D eigenvalue weighted by Crippen LogP contribution is 2.40. The van der Waals surface area contributed by atoms with Crippen molar-refractivity contribution in [2.75, 3.05) is 26.2 Å². The van der Waals surface area contributed by atoms with Gasteiger partial charge in [-0.1, -0.05) is 84.4 Å². The number of hydrogen-bond donors (Lipinski definition) is 4. The predicted octanol–water partition coefficient (Wildman–Crippen LogP) is 6.85. The number of aliphatic hydroxyl groups excluding tert-OH is 1. The van der Waals surface area contributed by atoms with E-state index in [-0.39, 0.29) is 24.8 Å². The molecule has 2 saturated heterocycles. The minimum atomic E-state index is -0.868. The topological polar surface area (TPSA) is 103 Å². The zero-order chi connectivity index (χ0) is 33.5. The third kappa shape index (κ3) is 8.44. The number of aliphatic hydroxyl groups is 2. The molecule has 252 valence electrons. The number of rotatable bonds is 10. The first kappa shape index (κ1) is 34.1. The molecule has 8 nitrogen and oxygen atoms in total. The van der Waals surface area contributed by atoms with Crippen molar-refractivity contribution in [2.24, 2.45) is 0 Å². The second-order valence-corrected chi connectivity index (χ2v) is 13.2. The molecule has 2 aliphatic rings. The number of urea groups is 1. The summed E-state index contributed by atoms with van der Waals surface area (Å²) in [5.74, 6) is 0. The van der Waals surface area contributed by atoms with Crippen molar-refractivity contribution >= 4 is 17.6 Å². The number of likely N-dealkylation sites (tertiary alicyclic amines) is 1. The lowest BCUT2D eigenvalue weighted by molar-refractivity contribution is -0.253. The van der Waals surface area contributed by atoms with Crippen molar-refractivity contribution in [1.29, 1.82) is 0 Å². The summed E-state index contributed by atoms with van der Waals surface area (Å²) in [6.07, 6.45) is 1.09. The zero-order valence-electron chi connectivity index (χ0n) is 27.3. The first-order chi connectivity index (χ1) is 23.3. The standard InChI is InChI=1S/C39H44ClN3O5/c1-2-41-38(45)42-24-28-5-3-6-30(21-28)31-7-4-8-32(22-31)37-47-35(23-36(48-37)29-11-9-27(26-44)10-12-29)25-43-19-17-39(46,18-20-43)33-13-15-34(40)16-14-33/h3-16,21-22,35-37,44,46H,2,17-20,23-26H2,1H3,(H2,41,42,45). The number of carbonyl (C=O) groups excluding carboxylic acids is 1. The Labute approximate surface area is 287 Å². The van der Waals surface area contributed by atoms with Crippen LogP contribution in [-0.4, -0.2) is 53.4 Å². The van der Waals surface area contributed by atoms with Crippen LogP contribution in [0.1, 0.15) is 66.4 Å². The van der Waals surface area contributed by atoms with Crippen LogP contribution in [0.25, 0.3) is 11.1 Å². The first-order valence-corrected chi connectivity index (χ1v) is 17.1. The Morgan fingerprint density at radius 2 is 1.58 bits per heavy atom. The molecule has 2 aliphatic heterocycles. The van der Waals surface area contributed by atoms with E-state index in [1.165, 1.54) is 0 Å². The zero-order valence-corrected chi connectivity index (χ0v) is 28.0. The summed E-state index contributed by atoms with van der Waals surface area (Å²) >= 11 is 6.09. The molecule has 0 aromatic heterocycles. The van der Waals surface area contributed by atoms with E-state index in [4.69, 9.17) is 21.1 Å². The second-order valence-electron chi connectivity index (χ2n) is 12.7. The van der Waals surface area contributed by atoms with Gasteiger partial charge in [-0.25, -0.2) is 4.79 Å². The molecule has 2 heterocycles. The molecule has 4 N–H and O–H groups in total. The number of benzene rings is 4. The summed E-state index contributed by atoms with van der Waals surface area (Å²) in [5.41, 5.74) is 5.94. The number of amides is 2. The molecule has 4 aromatic rings. The van der Waals surface area contributed by atoms with Crippen molar-refractivity contribution in [2.45, 2.75) is 63.4 Å². The molecule has 48 heavy (non-hydrogen) atoms. The van der Waals surface area contributed by atoms with Gasteiger partial charge in [-0.15, -0.1) is 0 Å². The number of hydrogen-bond acceptors (Lipinski definition) is 6. The molecular formula is C39H44ClN3O5. The van der Waals surface area contributed by atoms with E-state index >= 15 is 0 Å². The third-order valence-electron chi connectivity index (χ3n) is 9.35. The summed E-state index contributed by atoms with van der Waals surface area (Å²) in [7, 11) is 0. The maximum Gasteiger partial charge on any atom is 0.315 e.